The molecule has 5 nitrogen and oxygen atoms in total. The van der Waals surface area contributed by atoms with E-state index in [1.807, 2.05) is 12.1 Å². The van der Waals surface area contributed by atoms with Crippen LogP contribution in [0.2, 0.25) is 0 Å². The summed E-state index contributed by atoms with van der Waals surface area (Å²) in [5, 5.41) is 3.84. The zero-order valence-corrected chi connectivity index (χ0v) is 16.5. The number of nitrogens with one attached hydrogen (secondary N) is 1. The fourth-order valence-electron chi connectivity index (χ4n) is 6.57. The minimum Gasteiger partial charge on any atom is -0.493 e. The van der Waals surface area contributed by atoms with Gasteiger partial charge in [-0.1, -0.05) is 12.1 Å². The van der Waals surface area contributed by atoms with Crippen molar-refractivity contribution in [2.24, 2.45) is 23.2 Å². The Labute approximate surface area is 164 Å². The molecule has 0 radical (unpaired) electrons. The number of hydrogen-bond acceptors (Lipinski definition) is 4. The van der Waals surface area contributed by atoms with Gasteiger partial charge in [0.1, 0.15) is 5.56 Å². The number of methoxy groups -OCH3 is 1. The first-order valence-corrected chi connectivity index (χ1v) is 10.4. The lowest BCUT2D eigenvalue weighted by Crippen LogP contribution is -2.56. The Morgan fingerprint density at radius 1 is 1.18 bits per heavy atom. The Kier molecular flexibility index (Phi) is 4.04. The Morgan fingerprint density at radius 3 is 2.43 bits per heavy atom. The van der Waals surface area contributed by atoms with Crippen molar-refractivity contribution < 1.29 is 13.9 Å². The molecular formula is C23H27NO4. The quantitative estimate of drug-likeness (QED) is 0.809. The lowest BCUT2D eigenvalue weighted by Gasteiger charge is -2.59. The molecule has 1 N–H and O–H groups in total. The third-order valence-corrected chi connectivity index (χ3v) is 7.54. The van der Waals surface area contributed by atoms with Crippen molar-refractivity contribution in [3.05, 3.63) is 40.2 Å². The van der Waals surface area contributed by atoms with Gasteiger partial charge in [-0.3, -0.25) is 4.79 Å². The lowest BCUT2D eigenvalue weighted by molar-refractivity contribution is -0.0688. The Bertz CT molecular complexity index is 956. The van der Waals surface area contributed by atoms with E-state index in [0.29, 0.717) is 16.7 Å². The molecule has 5 heteroatoms. The molecule has 0 saturated heterocycles. The number of fused-ring (bicyclic) bond motifs is 1. The summed E-state index contributed by atoms with van der Waals surface area (Å²) in [5.41, 5.74) is 0.0234. The molecule has 4 aliphatic carbocycles. The minimum atomic E-state index is -0.618. The number of para-hydroxylation sites is 1. The topological polar surface area (TPSA) is 68.5 Å². The monoisotopic (exact) mass is 381 g/mol. The predicted octanol–water partition coefficient (Wildman–Crippen LogP) is 4.14. The fourth-order valence-corrected chi connectivity index (χ4v) is 6.57. The van der Waals surface area contributed by atoms with E-state index in [2.05, 4.69) is 12.2 Å². The van der Waals surface area contributed by atoms with Crippen molar-refractivity contribution >= 4 is 16.9 Å². The van der Waals surface area contributed by atoms with Crippen molar-refractivity contribution in [3.63, 3.8) is 0 Å². The normalized spacial score (nSPS) is 31.7. The highest BCUT2D eigenvalue weighted by molar-refractivity contribution is 5.97. The van der Waals surface area contributed by atoms with Crippen molar-refractivity contribution in [3.8, 4) is 5.75 Å². The van der Waals surface area contributed by atoms with Crippen LogP contribution in [0.5, 0.6) is 5.75 Å². The summed E-state index contributed by atoms with van der Waals surface area (Å²) in [5.74, 6) is 2.63. The number of carbonyl (C=O) groups is 1. The van der Waals surface area contributed by atoms with E-state index in [9.17, 15) is 9.59 Å². The smallest absolute Gasteiger partial charge is 0.349 e. The second-order valence-corrected chi connectivity index (χ2v) is 9.30. The summed E-state index contributed by atoms with van der Waals surface area (Å²) in [6, 6.07) is 7.06. The molecule has 0 unspecified atom stereocenters. The molecule has 1 amide bonds. The molecule has 4 aliphatic rings. The van der Waals surface area contributed by atoms with Crippen LogP contribution >= 0.6 is 0 Å². The molecule has 6 rings (SSSR count). The van der Waals surface area contributed by atoms with Gasteiger partial charge in [0.2, 0.25) is 0 Å². The second-order valence-electron chi connectivity index (χ2n) is 9.30. The van der Waals surface area contributed by atoms with Crippen molar-refractivity contribution in [2.75, 3.05) is 7.11 Å². The first-order valence-electron chi connectivity index (χ1n) is 10.4. The molecular weight excluding hydrogens is 354 g/mol. The lowest BCUT2D eigenvalue weighted by atomic mass is 9.48. The van der Waals surface area contributed by atoms with Gasteiger partial charge < -0.3 is 14.5 Å². The van der Waals surface area contributed by atoms with Gasteiger partial charge in [0.25, 0.3) is 5.91 Å². The minimum absolute atomic E-state index is 0.0637. The van der Waals surface area contributed by atoms with Gasteiger partial charge in [-0.2, -0.15) is 0 Å². The summed E-state index contributed by atoms with van der Waals surface area (Å²) in [6.45, 7) is 2.12. The first kappa shape index (κ1) is 17.8. The average Bonchev–Trinajstić information content (AvgIpc) is 2.65. The number of rotatable bonds is 4. The van der Waals surface area contributed by atoms with Crippen molar-refractivity contribution in [1.29, 1.82) is 0 Å². The number of ether oxygens (including phenoxy) is 1. The highest BCUT2D eigenvalue weighted by atomic mass is 16.5. The van der Waals surface area contributed by atoms with Crippen LogP contribution in [0.3, 0.4) is 0 Å². The number of amides is 1. The van der Waals surface area contributed by atoms with E-state index in [0.717, 1.165) is 17.8 Å². The Hall–Kier alpha value is -2.30. The molecule has 4 fully saturated rings. The molecule has 1 heterocycles. The van der Waals surface area contributed by atoms with Gasteiger partial charge in [0, 0.05) is 11.4 Å². The van der Waals surface area contributed by atoms with Gasteiger partial charge in [0.15, 0.2) is 11.3 Å². The number of hydrogen-bond donors (Lipinski definition) is 1. The maximum Gasteiger partial charge on any atom is 0.349 e. The number of benzene rings is 1. The maximum atomic E-state index is 13.0. The van der Waals surface area contributed by atoms with Crippen molar-refractivity contribution in [2.45, 2.75) is 51.5 Å². The van der Waals surface area contributed by atoms with E-state index in [-0.39, 0.29) is 22.9 Å². The van der Waals surface area contributed by atoms with Crippen LogP contribution in [0.4, 0.5) is 0 Å². The first-order chi connectivity index (χ1) is 13.5. The van der Waals surface area contributed by atoms with E-state index in [1.54, 1.807) is 12.1 Å². The van der Waals surface area contributed by atoms with Crippen LogP contribution in [0, 0.1) is 23.2 Å². The van der Waals surface area contributed by atoms with Gasteiger partial charge >= 0.3 is 5.63 Å². The summed E-state index contributed by atoms with van der Waals surface area (Å²) in [6.07, 6.45) is 7.75. The Morgan fingerprint density at radius 2 is 1.82 bits per heavy atom. The van der Waals surface area contributed by atoms with E-state index < -0.39 is 5.63 Å². The number of carbonyl (C=O) groups excluding carboxylic acids is 1. The van der Waals surface area contributed by atoms with Crippen LogP contribution in [0.25, 0.3) is 11.0 Å². The van der Waals surface area contributed by atoms with Crippen molar-refractivity contribution in [1.82, 2.24) is 5.32 Å². The molecule has 0 spiro atoms. The van der Waals surface area contributed by atoms with Crippen LogP contribution in [-0.4, -0.2) is 19.1 Å². The zero-order chi connectivity index (χ0) is 19.5. The van der Waals surface area contributed by atoms with Gasteiger partial charge in [-0.15, -0.1) is 0 Å². The van der Waals surface area contributed by atoms with Gasteiger partial charge in [-0.05, 0) is 80.8 Å². The molecule has 4 bridgehead atoms. The summed E-state index contributed by atoms with van der Waals surface area (Å²) >= 11 is 0. The van der Waals surface area contributed by atoms with Crippen LogP contribution in [0.1, 0.15) is 55.8 Å². The average molecular weight is 381 g/mol. The highest BCUT2D eigenvalue weighted by Crippen LogP contribution is 2.61. The molecule has 1 aromatic carbocycles. The largest absolute Gasteiger partial charge is 0.493 e. The molecule has 28 heavy (non-hydrogen) atoms. The maximum absolute atomic E-state index is 13.0. The van der Waals surface area contributed by atoms with Crippen LogP contribution < -0.4 is 15.7 Å². The third kappa shape index (κ3) is 2.75. The summed E-state index contributed by atoms with van der Waals surface area (Å²) in [4.78, 5) is 25.5. The SMILES string of the molecule is COc1cccc2cc(C(=O)N[C@@H](C)C34CC5CC(CC(C5)C3)C4)c(=O)oc12. The fraction of sp³-hybridized carbons (Fsp3) is 0.565. The zero-order valence-electron chi connectivity index (χ0n) is 16.5. The highest BCUT2D eigenvalue weighted by Gasteiger charge is 2.53. The Balaban J connectivity index is 1.41. The van der Waals surface area contributed by atoms with Gasteiger partial charge in [0.05, 0.1) is 7.11 Å². The third-order valence-electron chi connectivity index (χ3n) is 7.54. The van der Waals surface area contributed by atoms with E-state index in [1.165, 1.54) is 45.6 Å². The van der Waals surface area contributed by atoms with E-state index in [4.69, 9.17) is 9.15 Å². The molecule has 1 atom stereocenters. The molecule has 1 aromatic heterocycles. The van der Waals surface area contributed by atoms with Crippen LogP contribution in [0.15, 0.2) is 33.5 Å². The molecule has 4 saturated carbocycles. The molecule has 0 aliphatic heterocycles. The summed E-state index contributed by atoms with van der Waals surface area (Å²) < 4.78 is 10.7. The molecule has 2 aromatic rings. The predicted molar refractivity (Wildman–Crippen MR) is 107 cm³/mol. The van der Waals surface area contributed by atoms with E-state index >= 15 is 0 Å². The summed E-state index contributed by atoms with van der Waals surface area (Å²) in [7, 11) is 1.53. The second kappa shape index (κ2) is 6.36. The van der Waals surface area contributed by atoms with Crippen LogP contribution in [-0.2, 0) is 0 Å². The molecule has 148 valence electrons. The standard InChI is InChI=1S/C23H27NO4/c1-13(23-10-14-6-15(11-23)8-16(7-14)12-23)24-21(25)18-9-17-4-3-5-19(27-2)20(17)28-22(18)26/h3-5,9,13-16H,6-8,10-12H2,1-2H3,(H,24,25)/t13-,14?,15?,16?,23?/m0/s1. The van der Waals surface area contributed by atoms with Gasteiger partial charge in [-0.25, -0.2) is 4.79 Å².